The lowest BCUT2D eigenvalue weighted by atomic mass is 9.87. The van der Waals surface area contributed by atoms with Crippen LogP contribution in [0.15, 0.2) is 0 Å². The maximum atomic E-state index is 12.3. The third kappa shape index (κ3) is 7.75. The smallest absolute Gasteiger partial charge is 0.222 e. The van der Waals surface area contributed by atoms with Crippen molar-refractivity contribution in [2.75, 3.05) is 53.5 Å². The van der Waals surface area contributed by atoms with Crippen molar-refractivity contribution >= 4 is 5.91 Å². The Hall–Kier alpha value is -0.730. The van der Waals surface area contributed by atoms with Gasteiger partial charge in [-0.05, 0) is 58.7 Å². The highest BCUT2D eigenvalue weighted by Gasteiger charge is 2.38. The molecule has 2 saturated heterocycles. The van der Waals surface area contributed by atoms with E-state index in [0.29, 0.717) is 32.7 Å². The van der Waals surface area contributed by atoms with Crippen molar-refractivity contribution in [3.63, 3.8) is 0 Å². The molecule has 2 aliphatic heterocycles. The van der Waals surface area contributed by atoms with Crippen molar-refractivity contribution in [1.82, 2.24) is 15.1 Å². The Kier molecular flexibility index (Phi) is 9.84. The number of fused-ring (bicyclic) bond motifs is 1. The number of nitrogens with one attached hydrogen (secondary N) is 1. The molecule has 1 aliphatic carbocycles. The van der Waals surface area contributed by atoms with Crippen molar-refractivity contribution in [2.45, 2.75) is 82.1 Å². The van der Waals surface area contributed by atoms with E-state index in [4.69, 9.17) is 9.47 Å². The summed E-state index contributed by atoms with van der Waals surface area (Å²) in [5.41, 5.74) is 0. The first-order chi connectivity index (χ1) is 14.5. The number of carbonyl (C=O) groups is 1. The van der Waals surface area contributed by atoms with Gasteiger partial charge in [0, 0.05) is 25.7 Å². The molecule has 3 aliphatic rings. The van der Waals surface area contributed by atoms with Crippen LogP contribution in [0, 0.1) is 5.92 Å². The van der Waals surface area contributed by atoms with Gasteiger partial charge in [0.05, 0.1) is 37.9 Å². The summed E-state index contributed by atoms with van der Waals surface area (Å²) in [6, 6.07) is 0.279. The van der Waals surface area contributed by atoms with Gasteiger partial charge < -0.3 is 24.8 Å². The lowest BCUT2D eigenvalue weighted by molar-refractivity contribution is -0.158. The fourth-order valence-electron chi connectivity index (χ4n) is 5.26. The molecule has 7 heteroatoms. The average Bonchev–Trinajstić information content (AvgIpc) is 2.70. The third-order valence-electron chi connectivity index (χ3n) is 6.82. The second-order valence-electron chi connectivity index (χ2n) is 9.80. The predicted octanol–water partition coefficient (Wildman–Crippen LogP) is 1.63. The zero-order valence-corrected chi connectivity index (χ0v) is 19.1. The summed E-state index contributed by atoms with van der Waals surface area (Å²) in [4.78, 5) is 16.9. The third-order valence-corrected chi connectivity index (χ3v) is 6.82. The largest absolute Gasteiger partial charge is 0.389 e. The van der Waals surface area contributed by atoms with E-state index in [-0.39, 0.29) is 24.2 Å². The van der Waals surface area contributed by atoms with Gasteiger partial charge in [0.15, 0.2) is 0 Å². The Bertz CT molecular complexity index is 513. The fourth-order valence-corrected chi connectivity index (χ4v) is 5.26. The minimum absolute atomic E-state index is 0.0126. The molecule has 0 aromatic rings. The molecule has 3 fully saturated rings. The van der Waals surface area contributed by atoms with Crippen LogP contribution in [0.5, 0.6) is 0 Å². The van der Waals surface area contributed by atoms with Gasteiger partial charge in [-0.15, -0.1) is 0 Å². The number of ether oxygens (including phenoxy) is 2. The van der Waals surface area contributed by atoms with Crippen molar-refractivity contribution in [3.05, 3.63) is 0 Å². The monoisotopic (exact) mass is 425 g/mol. The number of nitrogens with zero attached hydrogens (tertiary/aromatic N) is 2. The number of rotatable bonds is 8. The van der Waals surface area contributed by atoms with Crippen LogP contribution in [-0.4, -0.2) is 98.7 Å². The summed E-state index contributed by atoms with van der Waals surface area (Å²) in [7, 11) is 4.09. The van der Waals surface area contributed by atoms with Gasteiger partial charge in [-0.3, -0.25) is 9.69 Å². The number of carbonyl (C=O) groups excluding carboxylic acids is 1. The van der Waals surface area contributed by atoms with E-state index in [1.807, 2.05) is 14.1 Å². The van der Waals surface area contributed by atoms with Gasteiger partial charge in [0.2, 0.25) is 5.91 Å². The molecule has 1 amide bonds. The molecule has 2 N–H and O–H groups in total. The summed E-state index contributed by atoms with van der Waals surface area (Å²) >= 11 is 0. The van der Waals surface area contributed by atoms with Gasteiger partial charge in [0.1, 0.15) is 0 Å². The quantitative estimate of drug-likeness (QED) is 0.576. The number of aliphatic hydroxyl groups excluding tert-OH is 1. The predicted molar refractivity (Wildman–Crippen MR) is 117 cm³/mol. The van der Waals surface area contributed by atoms with E-state index in [9.17, 15) is 9.90 Å². The maximum absolute atomic E-state index is 12.3. The second-order valence-corrected chi connectivity index (χ2v) is 9.80. The highest BCUT2D eigenvalue weighted by molar-refractivity contribution is 5.76. The van der Waals surface area contributed by atoms with Gasteiger partial charge in [-0.1, -0.05) is 19.3 Å². The van der Waals surface area contributed by atoms with Gasteiger partial charge >= 0.3 is 0 Å². The molecule has 2 heterocycles. The van der Waals surface area contributed by atoms with Crippen molar-refractivity contribution in [2.24, 2.45) is 5.92 Å². The van der Waals surface area contributed by atoms with Crippen molar-refractivity contribution in [3.8, 4) is 0 Å². The minimum atomic E-state index is -0.430. The Balaban J connectivity index is 1.49. The molecular formula is C23H43N3O4. The van der Waals surface area contributed by atoms with E-state index in [1.54, 1.807) is 0 Å². The van der Waals surface area contributed by atoms with Crippen LogP contribution in [0.2, 0.25) is 0 Å². The molecule has 0 unspecified atom stereocenters. The van der Waals surface area contributed by atoms with E-state index < -0.39 is 6.10 Å². The SMILES string of the molecule is CN(C)CCCNC(=O)C[C@@H]1CC[C@H]2[C@@H](COC[C@H](O)CN2CC2CCCCC2)O1. The van der Waals surface area contributed by atoms with Gasteiger partial charge in [-0.25, -0.2) is 0 Å². The van der Waals surface area contributed by atoms with Crippen LogP contribution >= 0.6 is 0 Å². The van der Waals surface area contributed by atoms with Crippen LogP contribution in [0.25, 0.3) is 0 Å². The molecule has 0 spiro atoms. The molecule has 30 heavy (non-hydrogen) atoms. The zero-order valence-electron chi connectivity index (χ0n) is 19.1. The standard InChI is InChI=1S/C23H43N3O4/c1-25(2)12-6-11-24-23(28)13-20-9-10-21-22(30-20)17-29-16-19(27)15-26(21)14-18-7-4-3-5-8-18/h18-22,27H,3-17H2,1-2H3,(H,24,28)/t19-,20+,21+,22-/m1/s1. The lowest BCUT2D eigenvalue weighted by Gasteiger charge is -2.45. The van der Waals surface area contributed by atoms with E-state index >= 15 is 0 Å². The first-order valence-corrected chi connectivity index (χ1v) is 12.1. The minimum Gasteiger partial charge on any atom is -0.389 e. The fraction of sp³-hybridized carbons (Fsp3) is 0.957. The highest BCUT2D eigenvalue weighted by Crippen LogP contribution is 2.31. The van der Waals surface area contributed by atoms with Crippen LogP contribution in [0.1, 0.15) is 57.8 Å². The average molecular weight is 426 g/mol. The number of aliphatic hydroxyl groups is 1. The van der Waals surface area contributed by atoms with Gasteiger partial charge in [-0.2, -0.15) is 0 Å². The van der Waals surface area contributed by atoms with Crippen LogP contribution < -0.4 is 5.32 Å². The topological polar surface area (TPSA) is 74.3 Å². The van der Waals surface area contributed by atoms with E-state index in [0.717, 1.165) is 38.3 Å². The molecule has 3 rings (SSSR count). The maximum Gasteiger partial charge on any atom is 0.222 e. The summed E-state index contributed by atoms with van der Waals surface area (Å²) in [5.74, 6) is 0.816. The number of hydrogen-bond donors (Lipinski definition) is 2. The molecule has 4 atom stereocenters. The first-order valence-electron chi connectivity index (χ1n) is 12.1. The molecule has 1 saturated carbocycles. The second kappa shape index (κ2) is 12.3. The highest BCUT2D eigenvalue weighted by atomic mass is 16.5. The van der Waals surface area contributed by atoms with Crippen LogP contribution in [0.4, 0.5) is 0 Å². The zero-order chi connectivity index (χ0) is 21.3. The summed E-state index contributed by atoms with van der Waals surface area (Å²) in [6.07, 6.45) is 9.44. The van der Waals surface area contributed by atoms with Crippen molar-refractivity contribution < 1.29 is 19.4 Å². The Labute approximate surface area is 182 Å². The number of hydrogen-bond acceptors (Lipinski definition) is 6. The number of β-amino-alcohol motifs (C(OH)–C–C–N with tert-alkyl or cyclic N) is 1. The van der Waals surface area contributed by atoms with E-state index in [2.05, 4.69) is 15.1 Å². The molecule has 7 nitrogen and oxygen atoms in total. The van der Waals surface area contributed by atoms with Crippen molar-refractivity contribution in [1.29, 1.82) is 0 Å². The molecule has 0 radical (unpaired) electrons. The summed E-state index contributed by atoms with van der Waals surface area (Å²) in [6.45, 7) is 4.28. The molecule has 174 valence electrons. The Morgan fingerprint density at radius 1 is 1.13 bits per heavy atom. The summed E-state index contributed by atoms with van der Waals surface area (Å²) in [5, 5.41) is 13.4. The lowest BCUT2D eigenvalue weighted by Crippen LogP contribution is -2.56. The van der Waals surface area contributed by atoms with E-state index in [1.165, 1.54) is 32.1 Å². The molecular weight excluding hydrogens is 382 g/mol. The summed E-state index contributed by atoms with van der Waals surface area (Å²) < 4.78 is 12.1. The molecule has 0 bridgehead atoms. The molecule has 0 aromatic heterocycles. The number of amides is 1. The van der Waals surface area contributed by atoms with Crippen LogP contribution in [-0.2, 0) is 14.3 Å². The van der Waals surface area contributed by atoms with Crippen LogP contribution in [0.3, 0.4) is 0 Å². The normalized spacial score (nSPS) is 31.7. The molecule has 0 aromatic carbocycles. The van der Waals surface area contributed by atoms with Gasteiger partial charge in [0.25, 0.3) is 0 Å². The Morgan fingerprint density at radius 2 is 1.93 bits per heavy atom. The Morgan fingerprint density at radius 3 is 2.70 bits per heavy atom. The first kappa shape index (κ1) is 23.9.